The number of amides is 1. The molecule has 1 N–H and O–H groups in total. The zero-order valence-corrected chi connectivity index (χ0v) is 17.1. The number of carbonyl (C=O) groups excluding carboxylic acids is 1. The van der Waals surface area contributed by atoms with Crippen LogP contribution in [-0.2, 0) is 4.79 Å². The van der Waals surface area contributed by atoms with E-state index >= 15 is 0 Å². The van der Waals surface area contributed by atoms with Crippen molar-refractivity contribution in [2.75, 3.05) is 0 Å². The highest BCUT2D eigenvalue weighted by molar-refractivity contribution is 8.27. The summed E-state index contributed by atoms with van der Waals surface area (Å²) in [7, 11) is 0. The zero-order chi connectivity index (χ0) is 21.5. The third-order valence-electron chi connectivity index (χ3n) is 4.80. The van der Waals surface area contributed by atoms with Gasteiger partial charge in [-0.05, 0) is 61.2 Å². The maximum atomic E-state index is 13.1. The van der Waals surface area contributed by atoms with E-state index in [9.17, 15) is 9.18 Å². The standard InChI is InChI=1S/C23H15FN4O2S/c1-13-2-4-15(5-3-13)22-27-28-20(25)18(21(29)26-23(28)31-22)12-17-10-11-19(30-17)14-6-8-16(24)9-7-14/h2-12,25H,1H3/b18-12+,25-20?. The average Bonchev–Trinajstić information content (AvgIpc) is 3.40. The van der Waals surface area contributed by atoms with Crippen molar-refractivity contribution in [1.82, 2.24) is 5.01 Å². The van der Waals surface area contributed by atoms with Gasteiger partial charge in [0.2, 0.25) is 5.17 Å². The van der Waals surface area contributed by atoms with Gasteiger partial charge < -0.3 is 4.42 Å². The van der Waals surface area contributed by atoms with Crippen molar-refractivity contribution in [2.24, 2.45) is 10.1 Å². The topological polar surface area (TPSA) is 82.0 Å². The van der Waals surface area contributed by atoms with Gasteiger partial charge >= 0.3 is 0 Å². The number of aryl methyl sites for hydroxylation is 1. The van der Waals surface area contributed by atoms with Gasteiger partial charge in [-0.3, -0.25) is 10.2 Å². The third-order valence-corrected chi connectivity index (χ3v) is 5.75. The molecule has 0 radical (unpaired) electrons. The number of fused-ring (bicyclic) bond motifs is 1. The summed E-state index contributed by atoms with van der Waals surface area (Å²) in [6.07, 6.45) is 1.47. The minimum Gasteiger partial charge on any atom is -0.457 e. The van der Waals surface area contributed by atoms with Crippen molar-refractivity contribution >= 4 is 39.8 Å². The molecule has 1 amide bonds. The zero-order valence-electron chi connectivity index (χ0n) is 16.3. The predicted octanol–water partition coefficient (Wildman–Crippen LogP) is 5.06. The van der Waals surface area contributed by atoms with Crippen LogP contribution < -0.4 is 0 Å². The van der Waals surface area contributed by atoms with Gasteiger partial charge in [0.15, 0.2) is 5.84 Å². The summed E-state index contributed by atoms with van der Waals surface area (Å²) >= 11 is 1.25. The van der Waals surface area contributed by atoms with E-state index in [2.05, 4.69) is 10.1 Å². The van der Waals surface area contributed by atoms with Crippen LogP contribution in [0.4, 0.5) is 4.39 Å². The molecule has 0 bridgehead atoms. The first-order valence-electron chi connectivity index (χ1n) is 9.41. The van der Waals surface area contributed by atoms with Gasteiger partial charge in [-0.1, -0.05) is 29.8 Å². The number of furan rings is 1. The summed E-state index contributed by atoms with van der Waals surface area (Å²) in [5, 5.41) is 15.4. The predicted molar refractivity (Wildman–Crippen MR) is 119 cm³/mol. The van der Waals surface area contributed by atoms with Crippen LogP contribution in [0.1, 0.15) is 16.9 Å². The normalized spacial score (nSPS) is 17.1. The quantitative estimate of drug-likeness (QED) is 0.589. The molecular formula is C23H15FN4O2S. The highest BCUT2D eigenvalue weighted by Gasteiger charge is 2.36. The van der Waals surface area contributed by atoms with E-state index in [1.807, 2.05) is 31.2 Å². The number of rotatable bonds is 3. The molecule has 3 aromatic rings. The maximum absolute atomic E-state index is 13.1. The van der Waals surface area contributed by atoms with E-state index in [1.54, 1.807) is 24.3 Å². The van der Waals surface area contributed by atoms with Gasteiger partial charge in [0, 0.05) is 11.1 Å². The van der Waals surface area contributed by atoms with Gasteiger partial charge in [-0.2, -0.15) is 15.1 Å². The first-order chi connectivity index (χ1) is 15.0. The van der Waals surface area contributed by atoms with Crippen molar-refractivity contribution in [3.05, 3.63) is 88.9 Å². The molecule has 0 spiro atoms. The fourth-order valence-corrected chi connectivity index (χ4v) is 4.04. The Morgan fingerprint density at radius 2 is 1.74 bits per heavy atom. The molecule has 0 saturated carbocycles. The Morgan fingerprint density at radius 1 is 1.03 bits per heavy atom. The molecule has 152 valence electrons. The number of carbonyl (C=O) groups is 1. The minimum absolute atomic E-state index is 0.0654. The molecule has 5 rings (SSSR count). The van der Waals surface area contributed by atoms with E-state index in [4.69, 9.17) is 9.83 Å². The monoisotopic (exact) mass is 430 g/mol. The van der Waals surface area contributed by atoms with Crippen molar-refractivity contribution < 1.29 is 13.6 Å². The molecule has 0 atom stereocenters. The van der Waals surface area contributed by atoms with Crippen molar-refractivity contribution in [3.63, 3.8) is 0 Å². The largest absolute Gasteiger partial charge is 0.457 e. The van der Waals surface area contributed by atoms with Crippen molar-refractivity contribution in [2.45, 2.75) is 6.92 Å². The first-order valence-corrected chi connectivity index (χ1v) is 10.2. The number of halogens is 1. The third kappa shape index (κ3) is 3.62. The van der Waals surface area contributed by atoms with Crippen LogP contribution in [0.15, 0.2) is 80.7 Å². The number of nitrogens with one attached hydrogen (secondary N) is 1. The second kappa shape index (κ2) is 7.48. The molecule has 3 heterocycles. The molecule has 2 aliphatic heterocycles. The van der Waals surface area contributed by atoms with E-state index in [0.717, 1.165) is 11.1 Å². The molecule has 1 aromatic heterocycles. The molecule has 31 heavy (non-hydrogen) atoms. The average molecular weight is 430 g/mol. The van der Waals surface area contributed by atoms with Crippen LogP contribution in [0.25, 0.3) is 17.4 Å². The van der Waals surface area contributed by atoms with Crippen LogP contribution in [0, 0.1) is 18.2 Å². The minimum atomic E-state index is -0.524. The molecule has 0 unspecified atom stereocenters. The van der Waals surface area contributed by atoms with Gasteiger partial charge in [-0.25, -0.2) is 4.39 Å². The number of hydrazone groups is 1. The van der Waals surface area contributed by atoms with Crippen LogP contribution in [0.3, 0.4) is 0 Å². The molecular weight excluding hydrogens is 415 g/mol. The number of thioether (sulfide) groups is 1. The lowest BCUT2D eigenvalue weighted by molar-refractivity contribution is -0.114. The number of aliphatic imine (C=N–C) groups is 1. The number of nitrogens with zero attached hydrogens (tertiary/aromatic N) is 3. The fourth-order valence-electron chi connectivity index (χ4n) is 3.15. The Hall–Kier alpha value is -3.78. The summed E-state index contributed by atoms with van der Waals surface area (Å²) in [6, 6.07) is 17.2. The molecule has 2 aromatic carbocycles. The molecule has 0 fully saturated rings. The molecule has 6 nitrogen and oxygen atoms in total. The molecule has 2 aliphatic rings. The lowest BCUT2D eigenvalue weighted by atomic mass is 10.1. The second-order valence-electron chi connectivity index (χ2n) is 7.00. The highest BCUT2D eigenvalue weighted by Crippen LogP contribution is 2.31. The Bertz CT molecular complexity index is 1300. The van der Waals surface area contributed by atoms with Gasteiger partial charge in [0.1, 0.15) is 22.4 Å². The van der Waals surface area contributed by atoms with Gasteiger partial charge in [0.05, 0.1) is 5.57 Å². The summed E-state index contributed by atoms with van der Waals surface area (Å²) in [5.74, 6) is -0.00214. The highest BCUT2D eigenvalue weighted by atomic mass is 32.2. The van der Waals surface area contributed by atoms with Crippen molar-refractivity contribution in [1.29, 1.82) is 5.41 Å². The number of benzene rings is 2. The van der Waals surface area contributed by atoms with E-state index < -0.39 is 5.91 Å². The van der Waals surface area contributed by atoms with Crippen LogP contribution in [-0.4, -0.2) is 27.0 Å². The molecule has 0 aliphatic carbocycles. The SMILES string of the molecule is Cc1ccc(C2=NN3C(=N)/C(=C\c4ccc(-c5ccc(F)cc5)o4)C(=O)N=C3S2)cc1. The number of hydrogen-bond donors (Lipinski definition) is 1. The Labute approximate surface area is 181 Å². The molecule has 0 saturated heterocycles. The van der Waals surface area contributed by atoms with Crippen LogP contribution in [0.5, 0.6) is 0 Å². The maximum Gasteiger partial charge on any atom is 0.283 e. The Kier molecular flexibility index (Phi) is 4.63. The summed E-state index contributed by atoms with van der Waals surface area (Å²) in [6.45, 7) is 2.00. The van der Waals surface area contributed by atoms with Crippen molar-refractivity contribution in [3.8, 4) is 11.3 Å². The van der Waals surface area contributed by atoms with E-state index in [0.29, 0.717) is 27.3 Å². The van der Waals surface area contributed by atoms with E-state index in [-0.39, 0.29) is 17.2 Å². The number of hydrogen-bond acceptors (Lipinski definition) is 5. The Morgan fingerprint density at radius 3 is 2.48 bits per heavy atom. The second-order valence-corrected chi connectivity index (χ2v) is 7.96. The van der Waals surface area contributed by atoms with Crippen LogP contribution >= 0.6 is 11.8 Å². The smallest absolute Gasteiger partial charge is 0.283 e. The summed E-state index contributed by atoms with van der Waals surface area (Å²) in [4.78, 5) is 16.7. The lowest BCUT2D eigenvalue weighted by Crippen LogP contribution is -2.35. The Balaban J connectivity index is 1.43. The first kappa shape index (κ1) is 19.2. The molecule has 8 heteroatoms. The number of amidine groups is 2. The fraction of sp³-hybridized carbons (Fsp3) is 0.0435. The van der Waals surface area contributed by atoms with E-state index in [1.165, 1.54) is 35.0 Å². The van der Waals surface area contributed by atoms with Gasteiger partial charge in [0.25, 0.3) is 5.91 Å². The lowest BCUT2D eigenvalue weighted by Gasteiger charge is -2.19. The van der Waals surface area contributed by atoms with Gasteiger partial charge in [-0.15, -0.1) is 0 Å². The van der Waals surface area contributed by atoms with Crippen LogP contribution in [0.2, 0.25) is 0 Å². The summed E-state index contributed by atoms with van der Waals surface area (Å²) < 4.78 is 18.9. The summed E-state index contributed by atoms with van der Waals surface area (Å²) in [5.41, 5.74) is 2.82.